The van der Waals surface area contributed by atoms with Crippen molar-refractivity contribution >= 4 is 45.6 Å². The Morgan fingerprint density at radius 3 is 2.59 bits per heavy atom. The summed E-state index contributed by atoms with van der Waals surface area (Å²) >= 11 is 7.92. The lowest BCUT2D eigenvalue weighted by molar-refractivity contribution is 0.731. The summed E-state index contributed by atoms with van der Waals surface area (Å²) < 4.78 is 1.58. The van der Waals surface area contributed by atoms with Gasteiger partial charge in [-0.1, -0.05) is 35.9 Å². The van der Waals surface area contributed by atoms with Crippen LogP contribution in [-0.2, 0) is 0 Å². The highest BCUT2D eigenvalue weighted by Crippen LogP contribution is 2.33. The van der Waals surface area contributed by atoms with Gasteiger partial charge in [0.1, 0.15) is 11.6 Å². The van der Waals surface area contributed by atoms with E-state index in [0.29, 0.717) is 33.3 Å². The van der Waals surface area contributed by atoms with Gasteiger partial charge in [-0.15, -0.1) is 11.3 Å². The second-order valence-electron chi connectivity index (χ2n) is 7.68. The highest BCUT2D eigenvalue weighted by molar-refractivity contribution is 7.15. The first-order valence-electron chi connectivity index (χ1n) is 10.5. The number of para-hydroxylation sites is 1. The molecule has 3 heterocycles. The zero-order valence-electron chi connectivity index (χ0n) is 18.4. The molecule has 5 aromatic rings. The van der Waals surface area contributed by atoms with Crippen LogP contribution in [0.15, 0.2) is 65.7 Å². The molecule has 0 radical (unpaired) electrons. The molecule has 34 heavy (non-hydrogen) atoms. The zero-order chi connectivity index (χ0) is 23.8. The fourth-order valence-electron chi connectivity index (χ4n) is 3.77. The summed E-state index contributed by atoms with van der Waals surface area (Å²) in [5.74, 6) is 1.18. The summed E-state index contributed by atoms with van der Waals surface area (Å²) in [4.78, 5) is 32.3. The lowest BCUT2D eigenvalue weighted by Crippen LogP contribution is -2.27. The van der Waals surface area contributed by atoms with Gasteiger partial charge in [0.2, 0.25) is 5.95 Å². The molecule has 10 heteroatoms. The van der Waals surface area contributed by atoms with Gasteiger partial charge in [0.05, 0.1) is 43.1 Å². The first-order chi connectivity index (χ1) is 16.4. The van der Waals surface area contributed by atoms with Crippen LogP contribution >= 0.6 is 22.9 Å². The van der Waals surface area contributed by atoms with Gasteiger partial charge in [-0.2, -0.15) is 4.98 Å². The number of aromatic nitrogens is 5. The van der Waals surface area contributed by atoms with E-state index in [-0.39, 0.29) is 11.5 Å². The number of hydrogen-bond acceptors (Lipinski definition) is 8. The molecule has 0 aliphatic carbocycles. The Hall–Kier alpha value is -3.82. The monoisotopic (exact) mass is 489 g/mol. The number of thiazole rings is 1. The molecule has 0 amide bonds. The van der Waals surface area contributed by atoms with Gasteiger partial charge < -0.3 is 11.1 Å². The third-order valence-corrected chi connectivity index (χ3v) is 6.58. The van der Waals surface area contributed by atoms with Gasteiger partial charge in [-0.25, -0.2) is 15.0 Å². The number of nitrogen functional groups attached to an aromatic ring is 1. The Bertz CT molecular complexity index is 1570. The molecule has 0 unspecified atom stereocenters. The molecular formula is C24H20ClN7OS. The predicted molar refractivity (Wildman–Crippen MR) is 137 cm³/mol. The molecule has 2 aromatic carbocycles. The van der Waals surface area contributed by atoms with Crippen molar-refractivity contribution < 1.29 is 0 Å². The van der Waals surface area contributed by atoms with E-state index in [4.69, 9.17) is 22.3 Å². The number of benzene rings is 2. The fourth-order valence-corrected chi connectivity index (χ4v) is 4.80. The average molecular weight is 490 g/mol. The van der Waals surface area contributed by atoms with E-state index < -0.39 is 6.04 Å². The van der Waals surface area contributed by atoms with Crippen LogP contribution in [0.25, 0.3) is 27.0 Å². The van der Waals surface area contributed by atoms with E-state index in [9.17, 15) is 4.79 Å². The van der Waals surface area contributed by atoms with Crippen molar-refractivity contribution in [3.05, 3.63) is 87.1 Å². The van der Waals surface area contributed by atoms with Crippen LogP contribution in [0.5, 0.6) is 0 Å². The molecule has 3 aromatic heterocycles. The minimum atomic E-state index is -0.418. The lowest BCUT2D eigenvalue weighted by atomic mass is 10.2. The topological polar surface area (TPSA) is 112 Å². The van der Waals surface area contributed by atoms with Crippen molar-refractivity contribution in [2.24, 2.45) is 0 Å². The first kappa shape index (κ1) is 22.0. The van der Waals surface area contributed by atoms with Crippen LogP contribution in [0.2, 0.25) is 5.02 Å². The number of anilines is 2. The number of nitrogens with two attached hydrogens (primary N) is 1. The molecule has 8 nitrogen and oxygen atoms in total. The molecule has 0 saturated carbocycles. The van der Waals surface area contributed by atoms with Gasteiger partial charge >= 0.3 is 0 Å². The maximum absolute atomic E-state index is 13.6. The molecule has 5 rings (SSSR count). The van der Waals surface area contributed by atoms with Crippen LogP contribution in [0.3, 0.4) is 0 Å². The van der Waals surface area contributed by atoms with E-state index in [0.717, 1.165) is 15.4 Å². The number of nitrogens with zero attached hydrogens (tertiary/aromatic N) is 5. The largest absolute Gasteiger partial charge is 0.368 e. The van der Waals surface area contributed by atoms with E-state index in [1.165, 1.54) is 11.3 Å². The maximum Gasteiger partial charge on any atom is 0.267 e. The lowest BCUT2D eigenvalue weighted by Gasteiger charge is -2.21. The Labute approximate surface area is 204 Å². The molecule has 3 N–H and O–H groups in total. The van der Waals surface area contributed by atoms with Crippen LogP contribution < -0.4 is 16.6 Å². The molecule has 0 fully saturated rings. The van der Waals surface area contributed by atoms with Crippen molar-refractivity contribution in [1.82, 2.24) is 24.5 Å². The van der Waals surface area contributed by atoms with Crippen molar-refractivity contribution in [2.45, 2.75) is 19.9 Å². The Balaban J connectivity index is 1.67. The van der Waals surface area contributed by atoms with Gasteiger partial charge in [-0.05, 0) is 38.1 Å². The van der Waals surface area contributed by atoms with Gasteiger partial charge in [0.25, 0.3) is 5.56 Å². The van der Waals surface area contributed by atoms with Gasteiger partial charge in [0, 0.05) is 12.4 Å². The molecule has 0 aliphatic rings. The van der Waals surface area contributed by atoms with Crippen molar-refractivity contribution in [3.63, 3.8) is 0 Å². The molecule has 0 spiro atoms. The Morgan fingerprint density at radius 1 is 1.06 bits per heavy atom. The summed E-state index contributed by atoms with van der Waals surface area (Å²) in [6.45, 7) is 3.85. The highest BCUT2D eigenvalue weighted by atomic mass is 35.5. The van der Waals surface area contributed by atoms with Crippen LogP contribution in [0, 0.1) is 6.92 Å². The van der Waals surface area contributed by atoms with Crippen molar-refractivity contribution in [1.29, 1.82) is 0 Å². The third kappa shape index (κ3) is 4.00. The number of rotatable bonds is 5. The molecule has 170 valence electrons. The van der Waals surface area contributed by atoms with Crippen LogP contribution in [0.1, 0.15) is 23.8 Å². The Morgan fingerprint density at radius 2 is 1.85 bits per heavy atom. The SMILES string of the molecule is Cc1ncc(-c2cnc(N)nc2N[C@H](C)c2nc3cccc(Cl)c3c(=O)n2-c2ccccc2)s1. The maximum atomic E-state index is 13.6. The smallest absolute Gasteiger partial charge is 0.267 e. The van der Waals surface area contributed by atoms with Crippen molar-refractivity contribution in [2.75, 3.05) is 11.1 Å². The highest BCUT2D eigenvalue weighted by Gasteiger charge is 2.21. The quantitative estimate of drug-likeness (QED) is 0.356. The molecule has 0 bridgehead atoms. The summed E-state index contributed by atoms with van der Waals surface area (Å²) in [6, 6.07) is 14.2. The normalized spacial score (nSPS) is 12.1. The average Bonchev–Trinajstić information content (AvgIpc) is 3.25. The number of halogens is 1. The minimum absolute atomic E-state index is 0.137. The summed E-state index contributed by atoms with van der Waals surface area (Å²) in [7, 11) is 0. The number of hydrogen-bond donors (Lipinski definition) is 2. The molecule has 1 atom stereocenters. The predicted octanol–water partition coefficient (Wildman–Crippen LogP) is 5.02. The van der Waals surface area contributed by atoms with E-state index >= 15 is 0 Å². The standard InChI is InChI=1S/C24H20ClN7OS/c1-13(29-21-16(11-28-24(26)31-21)19-12-27-14(2)34-19)22-30-18-10-6-9-17(25)20(18)23(33)32(22)15-7-4-3-5-8-15/h3-13H,1-2H3,(H3,26,28,29,31)/t13-/m1/s1. The first-order valence-corrected chi connectivity index (χ1v) is 11.7. The minimum Gasteiger partial charge on any atom is -0.368 e. The molecular weight excluding hydrogens is 470 g/mol. The van der Waals surface area contributed by atoms with E-state index in [1.54, 1.807) is 35.2 Å². The Kier molecular flexibility index (Phi) is 5.72. The summed E-state index contributed by atoms with van der Waals surface area (Å²) in [5, 5.41) is 5.04. The van der Waals surface area contributed by atoms with Gasteiger partial charge in [-0.3, -0.25) is 9.36 Å². The summed E-state index contributed by atoms with van der Waals surface area (Å²) in [6.07, 6.45) is 3.45. The van der Waals surface area contributed by atoms with Gasteiger partial charge in [0.15, 0.2) is 0 Å². The summed E-state index contributed by atoms with van der Waals surface area (Å²) in [5.41, 5.74) is 7.63. The molecule has 0 aliphatic heterocycles. The second kappa shape index (κ2) is 8.85. The number of fused-ring (bicyclic) bond motifs is 1. The van der Waals surface area contributed by atoms with Crippen LogP contribution in [-0.4, -0.2) is 24.5 Å². The van der Waals surface area contributed by atoms with E-state index in [2.05, 4.69) is 20.3 Å². The zero-order valence-corrected chi connectivity index (χ0v) is 19.9. The van der Waals surface area contributed by atoms with E-state index in [1.807, 2.05) is 44.2 Å². The fraction of sp³-hybridized carbons (Fsp3) is 0.125. The van der Waals surface area contributed by atoms with Crippen LogP contribution in [0.4, 0.5) is 11.8 Å². The molecule has 0 saturated heterocycles. The number of aryl methyl sites for hydroxylation is 1. The second-order valence-corrected chi connectivity index (χ2v) is 9.32. The number of nitrogens with one attached hydrogen (secondary N) is 1. The third-order valence-electron chi connectivity index (χ3n) is 5.32. The van der Waals surface area contributed by atoms with Crippen molar-refractivity contribution in [3.8, 4) is 16.1 Å².